The number of aromatic nitrogens is 1. The first kappa shape index (κ1) is 10.8. The molecule has 0 spiro atoms. The third-order valence-electron chi connectivity index (χ3n) is 1.72. The maximum Gasteiger partial charge on any atom is 0.309 e. The van der Waals surface area contributed by atoms with E-state index in [1.165, 1.54) is 6.92 Å². The van der Waals surface area contributed by atoms with E-state index in [0.29, 0.717) is 0 Å². The molecule has 0 fully saturated rings. The van der Waals surface area contributed by atoms with E-state index >= 15 is 0 Å². The Morgan fingerprint density at radius 3 is 2.64 bits per heavy atom. The Balaban J connectivity index is 3.41. The van der Waals surface area contributed by atoms with E-state index in [1.807, 2.05) is 0 Å². The van der Waals surface area contributed by atoms with E-state index < -0.39 is 22.6 Å². The highest BCUT2D eigenvalue weighted by atomic mass is 35.5. The first-order chi connectivity index (χ1) is 6.45. The van der Waals surface area contributed by atoms with Gasteiger partial charge in [0, 0.05) is 17.3 Å². The molecule has 0 amide bonds. The number of nitrogens with zero attached hydrogens (tertiary/aromatic N) is 2. The van der Waals surface area contributed by atoms with Gasteiger partial charge in [-0.1, -0.05) is 11.6 Å². The second-order valence-electron chi connectivity index (χ2n) is 2.54. The molecule has 0 radical (unpaired) electrons. The van der Waals surface area contributed by atoms with Crippen LogP contribution in [0.3, 0.4) is 0 Å². The smallest absolute Gasteiger partial charge is 0.258 e. The second-order valence-corrected chi connectivity index (χ2v) is 2.89. The number of hydrogen-bond donors (Lipinski definition) is 0. The fourth-order valence-corrected chi connectivity index (χ4v) is 1.27. The largest absolute Gasteiger partial charge is 0.309 e. The number of hydrogen-bond acceptors (Lipinski definition) is 3. The van der Waals surface area contributed by atoms with Crippen molar-refractivity contribution in [1.82, 2.24) is 4.98 Å². The number of rotatable bonds is 2. The van der Waals surface area contributed by atoms with Crippen LogP contribution in [0.15, 0.2) is 6.20 Å². The van der Waals surface area contributed by atoms with Crippen molar-refractivity contribution in [2.24, 2.45) is 0 Å². The molecular formula is C7H5ClF2N2O2. The van der Waals surface area contributed by atoms with E-state index in [0.717, 1.165) is 6.20 Å². The van der Waals surface area contributed by atoms with E-state index in [1.54, 1.807) is 0 Å². The van der Waals surface area contributed by atoms with Crippen LogP contribution < -0.4 is 0 Å². The van der Waals surface area contributed by atoms with Gasteiger partial charge < -0.3 is 0 Å². The van der Waals surface area contributed by atoms with Crippen LogP contribution in [0.1, 0.15) is 17.6 Å². The van der Waals surface area contributed by atoms with Crippen LogP contribution in [0.25, 0.3) is 0 Å². The summed E-state index contributed by atoms with van der Waals surface area (Å²) < 4.78 is 24.6. The Kier molecular flexibility index (Phi) is 2.95. The molecule has 0 aliphatic carbocycles. The van der Waals surface area contributed by atoms with Gasteiger partial charge in [-0.25, -0.2) is 13.8 Å². The Morgan fingerprint density at radius 2 is 2.21 bits per heavy atom. The molecule has 1 heterocycles. The minimum Gasteiger partial charge on any atom is -0.258 e. The summed E-state index contributed by atoms with van der Waals surface area (Å²) in [4.78, 5) is 13.0. The maximum atomic E-state index is 12.3. The lowest BCUT2D eigenvalue weighted by atomic mass is 10.1. The van der Waals surface area contributed by atoms with Gasteiger partial charge in [0.15, 0.2) is 0 Å². The molecular weight excluding hydrogens is 218 g/mol. The maximum absolute atomic E-state index is 12.3. The molecule has 1 rings (SSSR count). The third kappa shape index (κ3) is 1.79. The van der Waals surface area contributed by atoms with Gasteiger partial charge in [-0.2, -0.15) is 0 Å². The van der Waals surface area contributed by atoms with Crippen molar-refractivity contribution < 1.29 is 13.7 Å². The quantitative estimate of drug-likeness (QED) is 0.439. The molecule has 0 aromatic carbocycles. The zero-order valence-electron chi connectivity index (χ0n) is 7.00. The summed E-state index contributed by atoms with van der Waals surface area (Å²) >= 11 is 5.40. The van der Waals surface area contributed by atoms with Gasteiger partial charge in [0.25, 0.3) is 6.43 Å². The SMILES string of the molecule is Cc1c(C(F)F)cnc(Cl)c1[N+](=O)[O-]. The Morgan fingerprint density at radius 1 is 1.64 bits per heavy atom. The summed E-state index contributed by atoms with van der Waals surface area (Å²) in [6, 6.07) is 0. The Hall–Kier alpha value is -1.30. The second kappa shape index (κ2) is 3.83. The first-order valence-electron chi connectivity index (χ1n) is 3.52. The number of alkyl halides is 2. The molecule has 0 N–H and O–H groups in total. The Labute approximate surface area is 82.7 Å². The summed E-state index contributed by atoms with van der Waals surface area (Å²) in [6.45, 7) is 1.22. The summed E-state index contributed by atoms with van der Waals surface area (Å²) in [5, 5.41) is 10.1. The summed E-state index contributed by atoms with van der Waals surface area (Å²) in [6.07, 6.45) is -1.95. The number of pyridine rings is 1. The average molecular weight is 223 g/mol. The average Bonchev–Trinajstić information content (AvgIpc) is 2.02. The first-order valence-corrected chi connectivity index (χ1v) is 3.90. The summed E-state index contributed by atoms with van der Waals surface area (Å²) in [7, 11) is 0. The standard InChI is InChI=1S/C7H5ClF2N2O2/c1-3-4(7(9)10)2-11-6(8)5(3)12(13)14/h2,7H,1H3. The fraction of sp³-hybridized carbons (Fsp3) is 0.286. The molecule has 0 aliphatic heterocycles. The minimum absolute atomic E-state index is 0.148. The van der Waals surface area contributed by atoms with Crippen molar-refractivity contribution in [3.8, 4) is 0 Å². The van der Waals surface area contributed by atoms with Crippen molar-refractivity contribution in [3.05, 3.63) is 32.6 Å². The van der Waals surface area contributed by atoms with Crippen LogP contribution in [0, 0.1) is 17.0 Å². The highest BCUT2D eigenvalue weighted by Crippen LogP contribution is 2.32. The van der Waals surface area contributed by atoms with E-state index in [2.05, 4.69) is 4.98 Å². The molecule has 0 unspecified atom stereocenters. The van der Waals surface area contributed by atoms with E-state index in [-0.39, 0.29) is 10.7 Å². The van der Waals surface area contributed by atoms with Gasteiger partial charge in [-0.3, -0.25) is 10.1 Å². The lowest BCUT2D eigenvalue weighted by molar-refractivity contribution is -0.385. The van der Waals surface area contributed by atoms with E-state index in [9.17, 15) is 18.9 Å². The van der Waals surface area contributed by atoms with E-state index in [4.69, 9.17) is 11.6 Å². The highest BCUT2D eigenvalue weighted by molar-refractivity contribution is 6.31. The zero-order chi connectivity index (χ0) is 10.9. The van der Waals surface area contributed by atoms with Crippen molar-refractivity contribution in [2.75, 3.05) is 0 Å². The topological polar surface area (TPSA) is 56.0 Å². The molecule has 14 heavy (non-hydrogen) atoms. The monoisotopic (exact) mass is 222 g/mol. The van der Waals surface area contributed by atoms with Crippen LogP contribution in [0.4, 0.5) is 14.5 Å². The predicted molar refractivity (Wildman–Crippen MR) is 45.6 cm³/mol. The number of nitro groups is 1. The molecule has 0 saturated heterocycles. The lowest BCUT2D eigenvalue weighted by Gasteiger charge is -2.04. The molecule has 0 saturated carbocycles. The van der Waals surface area contributed by atoms with Gasteiger partial charge in [0.2, 0.25) is 5.15 Å². The van der Waals surface area contributed by atoms with Gasteiger partial charge in [-0.15, -0.1) is 0 Å². The van der Waals surface area contributed by atoms with Crippen LogP contribution in [-0.4, -0.2) is 9.91 Å². The van der Waals surface area contributed by atoms with Crippen LogP contribution >= 0.6 is 11.6 Å². The van der Waals surface area contributed by atoms with Crippen molar-refractivity contribution in [2.45, 2.75) is 13.3 Å². The molecule has 0 aliphatic rings. The van der Waals surface area contributed by atoms with Gasteiger partial charge in [0.05, 0.1) is 4.92 Å². The van der Waals surface area contributed by atoms with Crippen molar-refractivity contribution >= 4 is 17.3 Å². The van der Waals surface area contributed by atoms with Gasteiger partial charge in [-0.05, 0) is 6.92 Å². The molecule has 7 heteroatoms. The van der Waals surface area contributed by atoms with Gasteiger partial charge in [0.1, 0.15) is 0 Å². The zero-order valence-corrected chi connectivity index (χ0v) is 7.76. The molecule has 1 aromatic heterocycles. The lowest BCUT2D eigenvalue weighted by Crippen LogP contribution is -1.99. The molecule has 4 nitrogen and oxygen atoms in total. The van der Waals surface area contributed by atoms with Crippen LogP contribution in [0.5, 0.6) is 0 Å². The van der Waals surface area contributed by atoms with Crippen molar-refractivity contribution in [1.29, 1.82) is 0 Å². The molecule has 1 aromatic rings. The normalized spacial score (nSPS) is 10.6. The molecule has 0 bridgehead atoms. The summed E-state index contributed by atoms with van der Waals surface area (Å²) in [5.74, 6) is 0. The van der Waals surface area contributed by atoms with Gasteiger partial charge >= 0.3 is 5.69 Å². The highest BCUT2D eigenvalue weighted by Gasteiger charge is 2.23. The molecule has 76 valence electrons. The molecule has 0 atom stereocenters. The summed E-state index contributed by atoms with van der Waals surface area (Å²) in [5.41, 5.74) is -1.18. The van der Waals surface area contributed by atoms with Crippen molar-refractivity contribution in [3.63, 3.8) is 0 Å². The van der Waals surface area contributed by atoms with Crippen LogP contribution in [0.2, 0.25) is 5.15 Å². The van der Waals surface area contributed by atoms with Crippen LogP contribution in [-0.2, 0) is 0 Å². The number of halogens is 3. The Bertz CT molecular complexity index is 384. The minimum atomic E-state index is -2.79. The predicted octanol–water partition coefficient (Wildman–Crippen LogP) is 2.89. The third-order valence-corrected chi connectivity index (χ3v) is 1.99. The fourth-order valence-electron chi connectivity index (χ4n) is 1.01.